The number of alkyl halides is 4. The van der Waals surface area contributed by atoms with Gasteiger partial charge in [0.2, 0.25) is 0 Å². The lowest BCUT2D eigenvalue weighted by Gasteiger charge is -2.04. The molecule has 0 aliphatic carbocycles. The molecular weight excluding hydrogens is 250 g/mol. The summed E-state index contributed by atoms with van der Waals surface area (Å²) in [5, 5.41) is 0. The minimum absolute atomic E-state index is 0.455. The van der Waals surface area contributed by atoms with Crippen molar-refractivity contribution >= 4 is 46.4 Å². The third kappa shape index (κ3) is 12.6. The molecule has 76 valence electrons. The van der Waals surface area contributed by atoms with E-state index in [9.17, 15) is 0 Å². The molecule has 4 heteroatoms. The molecule has 0 N–H and O–H groups in total. The topological polar surface area (TPSA) is 0 Å². The van der Waals surface area contributed by atoms with Gasteiger partial charge in [-0.15, -0.1) is 11.6 Å². The van der Waals surface area contributed by atoms with Crippen LogP contribution in [0.5, 0.6) is 0 Å². The van der Waals surface area contributed by atoms with Gasteiger partial charge in [-0.1, -0.05) is 59.1 Å². The minimum atomic E-state index is -1.16. The van der Waals surface area contributed by atoms with Crippen molar-refractivity contribution in [2.75, 3.05) is 5.88 Å². The van der Waals surface area contributed by atoms with Gasteiger partial charge in [-0.3, -0.25) is 0 Å². The summed E-state index contributed by atoms with van der Waals surface area (Å²) in [5.74, 6) is 0.567. The van der Waals surface area contributed by atoms with Crippen LogP contribution in [0.2, 0.25) is 0 Å². The Morgan fingerprint density at radius 3 is 1.85 bits per heavy atom. The monoisotopic (exact) mass is 260 g/mol. The standard InChI is InChI=1S/C9H12Cl4/c10-8-6-4-2-1-3-5-7-9(11,12)13/h3-6H,1-2,7-8H2. The predicted molar refractivity (Wildman–Crippen MR) is 63.1 cm³/mol. The molecule has 0 aromatic heterocycles. The molecule has 0 aliphatic heterocycles. The molecule has 13 heavy (non-hydrogen) atoms. The largest absolute Gasteiger partial charge is 0.194 e. The molecule has 0 heterocycles. The second kappa shape index (κ2) is 7.99. The quantitative estimate of drug-likeness (QED) is 0.376. The summed E-state index contributed by atoms with van der Waals surface area (Å²) in [5.41, 5.74) is 0. The van der Waals surface area contributed by atoms with Crippen LogP contribution in [0.4, 0.5) is 0 Å². The third-order valence-corrected chi connectivity index (χ3v) is 1.91. The normalized spacial score (nSPS) is 13.2. The lowest BCUT2D eigenvalue weighted by atomic mass is 10.2. The van der Waals surface area contributed by atoms with Crippen molar-refractivity contribution in [3.63, 3.8) is 0 Å². The zero-order chi connectivity index (χ0) is 10.2. The van der Waals surface area contributed by atoms with Gasteiger partial charge in [-0.2, -0.15) is 0 Å². The fraction of sp³-hybridized carbons (Fsp3) is 0.556. The summed E-state index contributed by atoms with van der Waals surface area (Å²) >= 11 is 22.1. The molecule has 0 aliphatic rings. The van der Waals surface area contributed by atoms with E-state index >= 15 is 0 Å². The van der Waals surface area contributed by atoms with Crippen LogP contribution >= 0.6 is 46.4 Å². The Morgan fingerprint density at radius 2 is 1.38 bits per heavy atom. The summed E-state index contributed by atoms with van der Waals surface area (Å²) in [4.78, 5) is 0. The Hall–Kier alpha value is 0.640. The molecule has 0 radical (unpaired) electrons. The first-order chi connectivity index (χ1) is 6.06. The van der Waals surface area contributed by atoms with E-state index in [-0.39, 0.29) is 0 Å². The number of halogens is 4. The van der Waals surface area contributed by atoms with Crippen LogP contribution < -0.4 is 0 Å². The number of hydrogen-bond donors (Lipinski definition) is 0. The Bertz CT molecular complexity index is 167. The van der Waals surface area contributed by atoms with E-state index in [1.54, 1.807) is 0 Å². The average Bonchev–Trinajstić information content (AvgIpc) is 2.01. The second-order valence-electron chi connectivity index (χ2n) is 2.49. The van der Waals surface area contributed by atoms with E-state index in [0.29, 0.717) is 12.3 Å². The zero-order valence-corrected chi connectivity index (χ0v) is 10.2. The van der Waals surface area contributed by atoms with E-state index in [1.165, 1.54) is 0 Å². The zero-order valence-electron chi connectivity index (χ0n) is 7.15. The van der Waals surface area contributed by atoms with Crippen molar-refractivity contribution in [2.45, 2.75) is 23.1 Å². The second-order valence-corrected chi connectivity index (χ2v) is 5.32. The highest BCUT2D eigenvalue weighted by molar-refractivity contribution is 6.67. The Labute approximate surface area is 99.5 Å². The molecule has 0 atom stereocenters. The van der Waals surface area contributed by atoms with E-state index in [4.69, 9.17) is 46.4 Å². The maximum atomic E-state index is 5.54. The SMILES string of the molecule is ClCC=CCCC=CCC(Cl)(Cl)Cl. The van der Waals surface area contributed by atoms with Crippen molar-refractivity contribution in [2.24, 2.45) is 0 Å². The Morgan fingerprint density at radius 1 is 0.846 bits per heavy atom. The highest BCUT2D eigenvalue weighted by Gasteiger charge is 2.16. The molecule has 0 nitrogen and oxygen atoms in total. The van der Waals surface area contributed by atoms with Crippen LogP contribution in [0, 0.1) is 0 Å². The molecule has 0 aromatic rings. The fourth-order valence-corrected chi connectivity index (χ4v) is 1.10. The van der Waals surface area contributed by atoms with Gasteiger partial charge in [0.25, 0.3) is 0 Å². The van der Waals surface area contributed by atoms with Crippen LogP contribution in [0.25, 0.3) is 0 Å². The van der Waals surface area contributed by atoms with Gasteiger partial charge in [0.15, 0.2) is 3.79 Å². The minimum Gasteiger partial charge on any atom is -0.122 e. The van der Waals surface area contributed by atoms with Gasteiger partial charge in [0.1, 0.15) is 0 Å². The van der Waals surface area contributed by atoms with Gasteiger partial charge < -0.3 is 0 Å². The number of allylic oxidation sites excluding steroid dienone is 4. The Kier molecular flexibility index (Phi) is 8.38. The summed E-state index contributed by atoms with van der Waals surface area (Å²) in [6.07, 6.45) is 10.2. The maximum Gasteiger partial charge on any atom is 0.194 e. The molecule has 0 saturated heterocycles. The lowest BCUT2D eigenvalue weighted by molar-refractivity contribution is 1.01. The Balaban J connectivity index is 3.37. The molecule has 0 fully saturated rings. The van der Waals surface area contributed by atoms with Gasteiger partial charge in [0.05, 0.1) is 0 Å². The highest BCUT2D eigenvalue weighted by atomic mass is 35.6. The van der Waals surface area contributed by atoms with E-state index in [2.05, 4.69) is 0 Å². The summed E-state index contributed by atoms with van der Waals surface area (Å²) in [6.45, 7) is 0. The van der Waals surface area contributed by atoms with Crippen LogP contribution in [-0.4, -0.2) is 9.67 Å². The van der Waals surface area contributed by atoms with Gasteiger partial charge >= 0.3 is 0 Å². The van der Waals surface area contributed by atoms with Crippen molar-refractivity contribution in [3.05, 3.63) is 24.3 Å². The lowest BCUT2D eigenvalue weighted by Crippen LogP contribution is -1.97. The van der Waals surface area contributed by atoms with E-state index in [1.807, 2.05) is 24.3 Å². The molecule has 0 rings (SSSR count). The molecule has 0 amide bonds. The van der Waals surface area contributed by atoms with Crippen LogP contribution in [0.1, 0.15) is 19.3 Å². The van der Waals surface area contributed by atoms with Crippen molar-refractivity contribution < 1.29 is 0 Å². The predicted octanol–water partition coefficient (Wildman–Crippen LogP) is 4.88. The van der Waals surface area contributed by atoms with Crippen molar-refractivity contribution in [1.82, 2.24) is 0 Å². The summed E-state index contributed by atoms with van der Waals surface area (Å²) in [7, 11) is 0. The van der Waals surface area contributed by atoms with Crippen molar-refractivity contribution in [3.8, 4) is 0 Å². The van der Waals surface area contributed by atoms with Crippen LogP contribution in [0.3, 0.4) is 0 Å². The smallest absolute Gasteiger partial charge is 0.122 e. The summed E-state index contributed by atoms with van der Waals surface area (Å²) in [6, 6.07) is 0. The molecule has 0 unspecified atom stereocenters. The number of hydrogen-bond acceptors (Lipinski definition) is 0. The first-order valence-corrected chi connectivity index (χ1v) is 5.66. The highest BCUT2D eigenvalue weighted by Crippen LogP contribution is 2.30. The molecule has 0 bridgehead atoms. The van der Waals surface area contributed by atoms with Crippen LogP contribution in [0.15, 0.2) is 24.3 Å². The number of unbranched alkanes of at least 4 members (excludes halogenated alkanes) is 1. The van der Waals surface area contributed by atoms with Crippen molar-refractivity contribution in [1.29, 1.82) is 0 Å². The van der Waals surface area contributed by atoms with Crippen LogP contribution in [-0.2, 0) is 0 Å². The summed E-state index contributed by atoms with van der Waals surface area (Å²) < 4.78 is -1.16. The van der Waals surface area contributed by atoms with E-state index in [0.717, 1.165) is 12.8 Å². The average molecular weight is 262 g/mol. The maximum absolute atomic E-state index is 5.54. The molecular formula is C9H12Cl4. The van der Waals surface area contributed by atoms with Gasteiger partial charge in [-0.25, -0.2) is 0 Å². The fourth-order valence-electron chi connectivity index (χ4n) is 0.708. The third-order valence-electron chi connectivity index (χ3n) is 1.27. The first-order valence-electron chi connectivity index (χ1n) is 3.99. The molecule has 0 aromatic carbocycles. The number of rotatable bonds is 5. The van der Waals surface area contributed by atoms with E-state index < -0.39 is 3.79 Å². The molecule has 0 spiro atoms. The van der Waals surface area contributed by atoms with Gasteiger partial charge in [0, 0.05) is 12.3 Å². The molecule has 0 saturated carbocycles. The first kappa shape index (κ1) is 13.6. The van der Waals surface area contributed by atoms with Gasteiger partial charge in [-0.05, 0) is 12.8 Å².